The monoisotopic (exact) mass is 210 g/mol. The van der Waals surface area contributed by atoms with Gasteiger partial charge in [0.25, 0.3) is 5.91 Å². The van der Waals surface area contributed by atoms with Crippen LogP contribution in [-0.4, -0.2) is 28.9 Å². The molecule has 0 aromatic carbocycles. The van der Waals surface area contributed by atoms with Crippen LogP contribution in [0.25, 0.3) is 0 Å². The Morgan fingerprint density at radius 1 is 1.53 bits per heavy atom. The third kappa shape index (κ3) is 1.94. The highest BCUT2D eigenvalue weighted by atomic mass is 16.5. The molecule has 1 aromatic heterocycles. The topological polar surface area (TPSA) is 96.2 Å². The lowest BCUT2D eigenvalue weighted by Gasteiger charge is -2.22. The molecule has 0 bridgehead atoms. The van der Waals surface area contributed by atoms with E-state index in [0.29, 0.717) is 5.69 Å². The highest BCUT2D eigenvalue weighted by molar-refractivity contribution is 5.95. The predicted molar refractivity (Wildman–Crippen MR) is 54.2 cm³/mol. The first-order chi connectivity index (χ1) is 7.18. The van der Waals surface area contributed by atoms with Crippen LogP contribution in [0, 0.1) is 0 Å². The summed E-state index contributed by atoms with van der Waals surface area (Å²) in [7, 11) is 0. The van der Waals surface area contributed by atoms with E-state index in [9.17, 15) is 4.79 Å². The second-order valence-electron chi connectivity index (χ2n) is 3.62. The van der Waals surface area contributed by atoms with Gasteiger partial charge in [-0.3, -0.25) is 9.48 Å². The van der Waals surface area contributed by atoms with Crippen LogP contribution in [0.15, 0.2) is 6.20 Å². The number of hydrogen-bond donors (Lipinski definition) is 2. The number of amides is 1. The second kappa shape index (κ2) is 3.90. The molecule has 0 saturated carbocycles. The number of anilines is 1. The zero-order chi connectivity index (χ0) is 10.8. The molecule has 1 aliphatic heterocycles. The van der Waals surface area contributed by atoms with E-state index in [2.05, 4.69) is 5.10 Å². The van der Waals surface area contributed by atoms with Crippen molar-refractivity contribution in [3.63, 3.8) is 0 Å². The molecule has 0 spiro atoms. The normalized spacial score (nSPS) is 17.9. The average Bonchev–Trinajstić information content (AvgIpc) is 2.62. The largest absolute Gasteiger partial charge is 0.396 e. The van der Waals surface area contributed by atoms with Gasteiger partial charge in [0, 0.05) is 19.4 Å². The summed E-state index contributed by atoms with van der Waals surface area (Å²) < 4.78 is 6.96. The first kappa shape index (κ1) is 9.97. The molecule has 0 atom stereocenters. The standard InChI is InChI=1S/C9H14N4O2/c10-7-5-13(12-8(7)9(11)14)6-1-3-15-4-2-6/h5-6H,1-4,10H2,(H2,11,14). The van der Waals surface area contributed by atoms with Gasteiger partial charge in [0.05, 0.1) is 11.7 Å². The van der Waals surface area contributed by atoms with Crippen molar-refractivity contribution in [3.8, 4) is 0 Å². The Kier molecular flexibility index (Phi) is 2.59. The summed E-state index contributed by atoms with van der Waals surface area (Å²) >= 11 is 0. The molecule has 4 N–H and O–H groups in total. The van der Waals surface area contributed by atoms with Gasteiger partial charge < -0.3 is 16.2 Å². The number of hydrogen-bond acceptors (Lipinski definition) is 4. The van der Waals surface area contributed by atoms with Crippen molar-refractivity contribution in [2.75, 3.05) is 18.9 Å². The summed E-state index contributed by atoms with van der Waals surface area (Å²) in [4.78, 5) is 11.0. The van der Waals surface area contributed by atoms with Crippen molar-refractivity contribution in [1.29, 1.82) is 0 Å². The third-order valence-corrected chi connectivity index (χ3v) is 2.56. The van der Waals surface area contributed by atoms with E-state index in [0.717, 1.165) is 26.1 Å². The van der Waals surface area contributed by atoms with Crippen LogP contribution in [0.3, 0.4) is 0 Å². The lowest BCUT2D eigenvalue weighted by Crippen LogP contribution is -2.21. The summed E-state index contributed by atoms with van der Waals surface area (Å²) in [6, 6.07) is 0.258. The molecule has 1 aliphatic rings. The lowest BCUT2D eigenvalue weighted by molar-refractivity contribution is 0.0661. The maximum atomic E-state index is 11.0. The van der Waals surface area contributed by atoms with E-state index >= 15 is 0 Å². The van der Waals surface area contributed by atoms with Crippen LogP contribution in [0.5, 0.6) is 0 Å². The number of ether oxygens (including phenoxy) is 1. The molecule has 2 rings (SSSR count). The minimum absolute atomic E-state index is 0.154. The Balaban J connectivity index is 2.21. The molecule has 6 heteroatoms. The summed E-state index contributed by atoms with van der Waals surface area (Å²) in [5.74, 6) is -0.585. The van der Waals surface area contributed by atoms with Gasteiger partial charge in [-0.2, -0.15) is 5.10 Å². The smallest absolute Gasteiger partial charge is 0.271 e. The van der Waals surface area contributed by atoms with Crippen LogP contribution in [0.1, 0.15) is 29.4 Å². The van der Waals surface area contributed by atoms with Crippen LogP contribution in [0.4, 0.5) is 5.69 Å². The van der Waals surface area contributed by atoms with Crippen molar-refractivity contribution in [3.05, 3.63) is 11.9 Å². The molecule has 1 fully saturated rings. The number of nitrogen functional groups attached to an aromatic ring is 1. The predicted octanol–water partition coefficient (Wildman–Crippen LogP) is -0.0843. The molecule has 0 aliphatic carbocycles. The minimum Gasteiger partial charge on any atom is -0.396 e. The molecule has 1 aromatic rings. The first-order valence-corrected chi connectivity index (χ1v) is 4.90. The summed E-state index contributed by atoms with van der Waals surface area (Å²) in [5.41, 5.74) is 11.3. The Bertz CT molecular complexity index is 368. The molecule has 6 nitrogen and oxygen atoms in total. The molecular formula is C9H14N4O2. The van der Waals surface area contributed by atoms with Crippen molar-refractivity contribution >= 4 is 11.6 Å². The van der Waals surface area contributed by atoms with E-state index in [1.54, 1.807) is 10.9 Å². The summed E-state index contributed by atoms with van der Waals surface area (Å²) in [6.07, 6.45) is 3.44. The van der Waals surface area contributed by atoms with Crippen molar-refractivity contribution in [2.24, 2.45) is 5.73 Å². The first-order valence-electron chi connectivity index (χ1n) is 4.90. The van der Waals surface area contributed by atoms with Gasteiger partial charge in [-0.15, -0.1) is 0 Å². The zero-order valence-corrected chi connectivity index (χ0v) is 8.35. The van der Waals surface area contributed by atoms with Gasteiger partial charge in [-0.05, 0) is 12.8 Å². The fourth-order valence-electron chi connectivity index (χ4n) is 1.73. The minimum atomic E-state index is -0.585. The van der Waals surface area contributed by atoms with Crippen LogP contribution in [-0.2, 0) is 4.74 Å². The van der Waals surface area contributed by atoms with Gasteiger partial charge in [0.15, 0.2) is 5.69 Å². The number of carbonyl (C=O) groups is 1. The maximum absolute atomic E-state index is 11.0. The number of carbonyl (C=O) groups excluding carboxylic acids is 1. The van der Waals surface area contributed by atoms with Gasteiger partial charge in [0.1, 0.15) is 0 Å². The number of nitrogens with two attached hydrogens (primary N) is 2. The highest BCUT2D eigenvalue weighted by Gasteiger charge is 2.19. The molecule has 15 heavy (non-hydrogen) atoms. The van der Waals surface area contributed by atoms with Crippen LogP contribution in [0.2, 0.25) is 0 Å². The summed E-state index contributed by atoms with van der Waals surface area (Å²) in [6.45, 7) is 1.44. The van der Waals surface area contributed by atoms with Gasteiger partial charge in [-0.1, -0.05) is 0 Å². The molecule has 1 saturated heterocycles. The van der Waals surface area contributed by atoms with E-state index in [4.69, 9.17) is 16.2 Å². The van der Waals surface area contributed by atoms with E-state index in [-0.39, 0.29) is 11.7 Å². The van der Waals surface area contributed by atoms with Crippen molar-refractivity contribution in [1.82, 2.24) is 9.78 Å². The lowest BCUT2D eigenvalue weighted by atomic mass is 10.1. The Morgan fingerprint density at radius 2 is 2.20 bits per heavy atom. The van der Waals surface area contributed by atoms with E-state index in [1.165, 1.54) is 0 Å². The fourth-order valence-corrected chi connectivity index (χ4v) is 1.73. The van der Waals surface area contributed by atoms with Crippen molar-refractivity contribution in [2.45, 2.75) is 18.9 Å². The summed E-state index contributed by atoms with van der Waals surface area (Å²) in [5, 5.41) is 4.09. The highest BCUT2D eigenvalue weighted by Crippen LogP contribution is 2.22. The SMILES string of the molecule is NC(=O)c1nn(C2CCOCC2)cc1N. The zero-order valence-electron chi connectivity index (χ0n) is 8.35. The Hall–Kier alpha value is -1.56. The molecule has 0 radical (unpaired) electrons. The Morgan fingerprint density at radius 3 is 2.73 bits per heavy atom. The van der Waals surface area contributed by atoms with Crippen LogP contribution < -0.4 is 11.5 Å². The third-order valence-electron chi connectivity index (χ3n) is 2.56. The van der Waals surface area contributed by atoms with E-state index < -0.39 is 5.91 Å². The quantitative estimate of drug-likeness (QED) is 0.713. The van der Waals surface area contributed by atoms with Crippen molar-refractivity contribution < 1.29 is 9.53 Å². The average molecular weight is 210 g/mol. The van der Waals surface area contributed by atoms with Gasteiger partial charge in [0.2, 0.25) is 0 Å². The van der Waals surface area contributed by atoms with E-state index in [1.807, 2.05) is 0 Å². The second-order valence-corrected chi connectivity index (χ2v) is 3.62. The van der Waals surface area contributed by atoms with Gasteiger partial charge in [-0.25, -0.2) is 0 Å². The fraction of sp³-hybridized carbons (Fsp3) is 0.556. The number of aromatic nitrogens is 2. The van der Waals surface area contributed by atoms with Crippen LogP contribution >= 0.6 is 0 Å². The number of primary amides is 1. The number of nitrogens with zero attached hydrogens (tertiary/aromatic N) is 2. The number of rotatable bonds is 2. The Labute approximate surface area is 87.2 Å². The van der Waals surface area contributed by atoms with Gasteiger partial charge >= 0.3 is 0 Å². The molecule has 1 amide bonds. The molecule has 82 valence electrons. The molecular weight excluding hydrogens is 196 g/mol. The molecule has 2 heterocycles. The maximum Gasteiger partial charge on any atom is 0.271 e. The molecule has 0 unspecified atom stereocenters.